The Morgan fingerprint density at radius 2 is 2.40 bits per heavy atom. The standard InChI is InChI=1S/C6H11NO3/c1-5(2-3-8)4-6(9)7-10/h3,5,10H,2,4H2,1H3,(H,7,9). The van der Waals surface area contributed by atoms with Crippen LogP contribution in [-0.4, -0.2) is 17.4 Å². The molecular weight excluding hydrogens is 134 g/mol. The lowest BCUT2D eigenvalue weighted by Gasteiger charge is -2.03. The third-order valence-corrected chi connectivity index (χ3v) is 1.16. The molecule has 0 heterocycles. The van der Waals surface area contributed by atoms with Crippen LogP contribution in [0.15, 0.2) is 0 Å². The van der Waals surface area contributed by atoms with Crippen molar-refractivity contribution in [2.24, 2.45) is 5.92 Å². The molecule has 2 N–H and O–H groups in total. The summed E-state index contributed by atoms with van der Waals surface area (Å²) in [5, 5.41) is 8.06. The van der Waals surface area contributed by atoms with Crippen molar-refractivity contribution in [2.45, 2.75) is 19.8 Å². The lowest BCUT2D eigenvalue weighted by atomic mass is 10.1. The molecule has 1 atom stereocenters. The van der Waals surface area contributed by atoms with Crippen LogP contribution >= 0.6 is 0 Å². The van der Waals surface area contributed by atoms with Crippen LogP contribution in [0.2, 0.25) is 0 Å². The van der Waals surface area contributed by atoms with Crippen molar-refractivity contribution in [3.8, 4) is 0 Å². The topological polar surface area (TPSA) is 66.4 Å². The average Bonchev–Trinajstić information content (AvgIpc) is 1.88. The molecule has 4 nitrogen and oxygen atoms in total. The molecule has 0 aromatic rings. The third kappa shape index (κ3) is 4.03. The van der Waals surface area contributed by atoms with Gasteiger partial charge in [-0.25, -0.2) is 5.48 Å². The lowest BCUT2D eigenvalue weighted by Crippen LogP contribution is -2.20. The zero-order chi connectivity index (χ0) is 7.98. The largest absolute Gasteiger partial charge is 0.303 e. The molecular formula is C6H11NO3. The van der Waals surface area contributed by atoms with Gasteiger partial charge >= 0.3 is 0 Å². The van der Waals surface area contributed by atoms with E-state index in [1.54, 1.807) is 6.92 Å². The second-order valence-corrected chi connectivity index (χ2v) is 2.25. The number of carbonyl (C=O) groups excluding carboxylic acids is 2. The molecule has 0 aliphatic carbocycles. The average molecular weight is 145 g/mol. The first-order chi connectivity index (χ1) is 4.70. The van der Waals surface area contributed by atoms with Crippen LogP contribution < -0.4 is 5.48 Å². The summed E-state index contributed by atoms with van der Waals surface area (Å²) in [5.74, 6) is -0.445. The first-order valence-electron chi connectivity index (χ1n) is 3.07. The van der Waals surface area contributed by atoms with Crippen molar-refractivity contribution in [2.75, 3.05) is 0 Å². The zero-order valence-electron chi connectivity index (χ0n) is 5.83. The van der Waals surface area contributed by atoms with E-state index in [9.17, 15) is 9.59 Å². The minimum atomic E-state index is -0.450. The van der Waals surface area contributed by atoms with Gasteiger partial charge in [0.1, 0.15) is 6.29 Å². The summed E-state index contributed by atoms with van der Waals surface area (Å²) < 4.78 is 0. The molecule has 0 rings (SSSR count). The first kappa shape index (κ1) is 9.10. The van der Waals surface area contributed by atoms with Gasteiger partial charge in [-0.1, -0.05) is 6.92 Å². The molecule has 0 saturated heterocycles. The molecule has 0 aromatic heterocycles. The minimum absolute atomic E-state index is 0.00431. The zero-order valence-corrected chi connectivity index (χ0v) is 5.83. The molecule has 0 aromatic carbocycles. The highest BCUT2D eigenvalue weighted by Crippen LogP contribution is 2.03. The van der Waals surface area contributed by atoms with E-state index in [1.165, 1.54) is 5.48 Å². The van der Waals surface area contributed by atoms with Crippen LogP contribution in [0.1, 0.15) is 19.8 Å². The van der Waals surface area contributed by atoms with Crippen LogP contribution in [0, 0.1) is 5.92 Å². The smallest absolute Gasteiger partial charge is 0.243 e. The molecule has 0 aliphatic heterocycles. The van der Waals surface area contributed by atoms with Crippen LogP contribution in [-0.2, 0) is 9.59 Å². The second-order valence-electron chi connectivity index (χ2n) is 2.25. The SMILES string of the molecule is CC(CC=O)CC(=O)NO. The molecule has 58 valence electrons. The Labute approximate surface area is 59.2 Å². The van der Waals surface area contributed by atoms with Crippen LogP contribution in [0.4, 0.5) is 0 Å². The van der Waals surface area contributed by atoms with Crippen molar-refractivity contribution in [1.29, 1.82) is 0 Å². The van der Waals surface area contributed by atoms with E-state index in [2.05, 4.69) is 0 Å². The summed E-state index contributed by atoms with van der Waals surface area (Å²) in [5.41, 5.74) is 1.50. The number of rotatable bonds is 4. The predicted molar refractivity (Wildman–Crippen MR) is 34.4 cm³/mol. The van der Waals surface area contributed by atoms with Crippen LogP contribution in [0.3, 0.4) is 0 Å². The van der Waals surface area contributed by atoms with Crippen molar-refractivity contribution >= 4 is 12.2 Å². The van der Waals surface area contributed by atoms with E-state index in [4.69, 9.17) is 5.21 Å². The molecule has 0 fully saturated rings. The number of amides is 1. The van der Waals surface area contributed by atoms with Gasteiger partial charge in [0.2, 0.25) is 5.91 Å². The van der Waals surface area contributed by atoms with E-state index < -0.39 is 5.91 Å². The Kier molecular flexibility index (Phi) is 4.49. The number of nitrogens with one attached hydrogen (secondary N) is 1. The number of carbonyl (C=O) groups is 2. The molecule has 4 heteroatoms. The van der Waals surface area contributed by atoms with Gasteiger partial charge in [-0.2, -0.15) is 0 Å². The maximum atomic E-state index is 10.4. The summed E-state index contributed by atoms with van der Waals surface area (Å²) >= 11 is 0. The highest BCUT2D eigenvalue weighted by molar-refractivity contribution is 5.75. The normalized spacial score (nSPS) is 12.2. The number of hydrogen-bond donors (Lipinski definition) is 2. The summed E-state index contributed by atoms with van der Waals surface area (Å²) in [4.78, 5) is 20.3. The molecule has 0 aliphatic rings. The van der Waals surface area contributed by atoms with Gasteiger partial charge in [0.25, 0.3) is 0 Å². The Balaban J connectivity index is 3.46. The molecule has 0 spiro atoms. The summed E-state index contributed by atoms with van der Waals surface area (Å²) in [6, 6.07) is 0. The van der Waals surface area contributed by atoms with Gasteiger partial charge in [-0.3, -0.25) is 10.0 Å². The summed E-state index contributed by atoms with van der Waals surface area (Å²) in [6.07, 6.45) is 1.30. The Morgan fingerprint density at radius 1 is 1.80 bits per heavy atom. The van der Waals surface area contributed by atoms with Gasteiger partial charge in [-0.15, -0.1) is 0 Å². The highest BCUT2D eigenvalue weighted by atomic mass is 16.5. The molecule has 0 saturated carbocycles. The monoisotopic (exact) mass is 145 g/mol. The van der Waals surface area contributed by atoms with E-state index in [-0.39, 0.29) is 12.3 Å². The van der Waals surface area contributed by atoms with E-state index in [0.717, 1.165) is 6.29 Å². The Bertz CT molecular complexity index is 124. The Hall–Kier alpha value is -0.900. The molecule has 0 radical (unpaired) electrons. The maximum absolute atomic E-state index is 10.4. The van der Waals surface area contributed by atoms with Gasteiger partial charge in [0, 0.05) is 12.8 Å². The van der Waals surface area contributed by atoms with Crippen molar-refractivity contribution < 1.29 is 14.8 Å². The van der Waals surface area contributed by atoms with E-state index in [0.29, 0.717) is 6.42 Å². The molecule has 10 heavy (non-hydrogen) atoms. The van der Waals surface area contributed by atoms with Gasteiger partial charge in [0.15, 0.2) is 0 Å². The van der Waals surface area contributed by atoms with Gasteiger partial charge in [-0.05, 0) is 5.92 Å². The van der Waals surface area contributed by atoms with Crippen molar-refractivity contribution in [3.05, 3.63) is 0 Å². The molecule has 1 unspecified atom stereocenters. The molecule has 1 amide bonds. The summed E-state index contributed by atoms with van der Waals surface area (Å²) in [7, 11) is 0. The fourth-order valence-corrected chi connectivity index (χ4v) is 0.610. The number of hydroxylamine groups is 1. The predicted octanol–water partition coefficient (Wildman–Crippen LogP) is 0.107. The third-order valence-electron chi connectivity index (χ3n) is 1.16. The van der Waals surface area contributed by atoms with E-state index >= 15 is 0 Å². The lowest BCUT2D eigenvalue weighted by molar-refractivity contribution is -0.130. The second kappa shape index (κ2) is 4.93. The number of aldehydes is 1. The quantitative estimate of drug-likeness (QED) is 0.335. The van der Waals surface area contributed by atoms with Gasteiger partial charge in [0.05, 0.1) is 0 Å². The minimum Gasteiger partial charge on any atom is -0.303 e. The summed E-state index contributed by atoms with van der Waals surface area (Å²) in [6.45, 7) is 1.77. The van der Waals surface area contributed by atoms with Crippen LogP contribution in [0.5, 0.6) is 0 Å². The fourth-order valence-electron chi connectivity index (χ4n) is 0.610. The van der Waals surface area contributed by atoms with E-state index in [1.807, 2.05) is 0 Å². The Morgan fingerprint density at radius 3 is 2.80 bits per heavy atom. The van der Waals surface area contributed by atoms with Crippen LogP contribution in [0.25, 0.3) is 0 Å². The maximum Gasteiger partial charge on any atom is 0.243 e. The van der Waals surface area contributed by atoms with Gasteiger partial charge < -0.3 is 4.79 Å². The first-order valence-corrected chi connectivity index (χ1v) is 3.07. The highest BCUT2D eigenvalue weighted by Gasteiger charge is 2.06. The van der Waals surface area contributed by atoms with Crippen molar-refractivity contribution in [1.82, 2.24) is 5.48 Å². The number of hydrogen-bond acceptors (Lipinski definition) is 3. The fraction of sp³-hybridized carbons (Fsp3) is 0.667. The van der Waals surface area contributed by atoms with Crippen molar-refractivity contribution in [3.63, 3.8) is 0 Å². The molecule has 0 bridgehead atoms.